The number of aryl methyl sites for hydroxylation is 3. The van der Waals surface area contributed by atoms with Gasteiger partial charge < -0.3 is 14.2 Å². The molecular formula is C48H54O3S. The normalized spacial score (nSPS) is 19.9. The summed E-state index contributed by atoms with van der Waals surface area (Å²) < 4.78 is 19.1. The van der Waals surface area contributed by atoms with E-state index in [0.29, 0.717) is 5.41 Å². The predicted molar refractivity (Wildman–Crippen MR) is 220 cm³/mol. The molecule has 7 rings (SSSR count). The Kier molecular flexibility index (Phi) is 9.53. The summed E-state index contributed by atoms with van der Waals surface area (Å²) >= 11 is 1.81. The summed E-state index contributed by atoms with van der Waals surface area (Å²) in [6.45, 7) is 20.0. The number of ether oxygens (including phenoxy) is 3. The number of hydrogen-bond acceptors (Lipinski definition) is 4. The van der Waals surface area contributed by atoms with E-state index in [9.17, 15) is 0 Å². The highest BCUT2D eigenvalue weighted by atomic mass is 32.2. The molecule has 3 aliphatic rings. The van der Waals surface area contributed by atoms with Gasteiger partial charge in [0.1, 0.15) is 22.8 Å². The van der Waals surface area contributed by atoms with E-state index in [4.69, 9.17) is 14.2 Å². The molecule has 4 heteroatoms. The lowest BCUT2D eigenvalue weighted by Gasteiger charge is -2.47. The first-order valence-corrected chi connectivity index (χ1v) is 19.8. The second kappa shape index (κ2) is 13.7. The van der Waals surface area contributed by atoms with Gasteiger partial charge in [0.05, 0.1) is 19.1 Å². The van der Waals surface area contributed by atoms with Gasteiger partial charge >= 0.3 is 0 Å². The summed E-state index contributed by atoms with van der Waals surface area (Å²) in [6, 6.07) is 17.5. The summed E-state index contributed by atoms with van der Waals surface area (Å²) in [5.74, 6) is 2.63. The number of fused-ring (bicyclic) bond motifs is 7. The lowest BCUT2D eigenvalue weighted by molar-refractivity contribution is 0.129. The second-order valence-corrected chi connectivity index (χ2v) is 16.6. The summed E-state index contributed by atoms with van der Waals surface area (Å²) in [7, 11) is 3.49. The van der Waals surface area contributed by atoms with Crippen LogP contribution in [0.1, 0.15) is 105 Å². The molecule has 3 nitrogen and oxygen atoms in total. The van der Waals surface area contributed by atoms with E-state index < -0.39 is 5.60 Å². The van der Waals surface area contributed by atoms with Crippen molar-refractivity contribution >= 4 is 34.2 Å². The lowest BCUT2D eigenvalue weighted by Crippen LogP contribution is -2.38. The fourth-order valence-corrected chi connectivity index (χ4v) is 10.6. The van der Waals surface area contributed by atoms with Crippen molar-refractivity contribution < 1.29 is 14.2 Å². The van der Waals surface area contributed by atoms with Crippen LogP contribution < -0.4 is 14.2 Å². The molecule has 52 heavy (non-hydrogen) atoms. The number of benzene rings is 4. The van der Waals surface area contributed by atoms with Crippen molar-refractivity contribution in [3.05, 3.63) is 124 Å². The maximum atomic E-state index is 7.35. The van der Waals surface area contributed by atoms with Crippen LogP contribution in [0.2, 0.25) is 0 Å². The van der Waals surface area contributed by atoms with E-state index in [0.717, 1.165) is 45.9 Å². The first kappa shape index (κ1) is 36.2. The number of methoxy groups -OCH3 is 2. The number of allylic oxidation sites excluding steroid dienone is 5. The zero-order valence-electron chi connectivity index (χ0n) is 32.6. The van der Waals surface area contributed by atoms with E-state index in [1.165, 1.54) is 80.5 Å². The summed E-state index contributed by atoms with van der Waals surface area (Å²) in [4.78, 5) is 2.39. The van der Waals surface area contributed by atoms with Crippen LogP contribution in [0.25, 0.3) is 22.4 Å². The zero-order valence-corrected chi connectivity index (χ0v) is 33.4. The van der Waals surface area contributed by atoms with Gasteiger partial charge in [-0.2, -0.15) is 0 Å². The molecule has 4 aromatic carbocycles. The van der Waals surface area contributed by atoms with E-state index in [1.54, 1.807) is 14.2 Å². The van der Waals surface area contributed by atoms with Crippen molar-refractivity contribution in [1.82, 2.24) is 0 Å². The van der Waals surface area contributed by atoms with E-state index in [2.05, 4.69) is 116 Å². The van der Waals surface area contributed by atoms with Crippen molar-refractivity contribution in [3.63, 3.8) is 0 Å². The predicted octanol–water partition coefficient (Wildman–Crippen LogP) is 13.4. The molecule has 1 spiro atoms. The maximum Gasteiger partial charge on any atom is 0.150 e. The van der Waals surface area contributed by atoms with Crippen molar-refractivity contribution in [1.29, 1.82) is 0 Å². The van der Waals surface area contributed by atoms with Crippen LogP contribution in [0.5, 0.6) is 17.2 Å². The minimum absolute atomic E-state index is 0.0682. The average molecular weight is 711 g/mol. The van der Waals surface area contributed by atoms with Gasteiger partial charge in [-0.1, -0.05) is 105 Å². The summed E-state index contributed by atoms with van der Waals surface area (Å²) in [5, 5.41) is 2.30. The van der Waals surface area contributed by atoms with E-state index in [-0.39, 0.29) is 5.41 Å². The van der Waals surface area contributed by atoms with Crippen molar-refractivity contribution in [2.75, 3.05) is 14.2 Å². The van der Waals surface area contributed by atoms with Crippen LogP contribution in [0, 0.1) is 26.2 Å². The Morgan fingerprint density at radius 1 is 0.865 bits per heavy atom. The lowest BCUT2D eigenvalue weighted by atomic mass is 9.57. The molecule has 270 valence electrons. The summed E-state index contributed by atoms with van der Waals surface area (Å²) in [5.41, 5.74) is 11.4. The van der Waals surface area contributed by atoms with Crippen LogP contribution >= 0.6 is 11.8 Å². The average Bonchev–Trinajstić information content (AvgIpc) is 3.39. The van der Waals surface area contributed by atoms with Gasteiger partial charge in [-0.15, -0.1) is 0 Å². The zero-order chi connectivity index (χ0) is 37.0. The Morgan fingerprint density at radius 3 is 2.13 bits per heavy atom. The highest BCUT2D eigenvalue weighted by Crippen LogP contribution is 2.63. The molecule has 0 aromatic heterocycles. The van der Waals surface area contributed by atoms with Crippen LogP contribution in [0.4, 0.5) is 0 Å². The van der Waals surface area contributed by atoms with Crippen molar-refractivity contribution in [2.45, 2.75) is 108 Å². The van der Waals surface area contributed by atoms with Gasteiger partial charge in [-0.05, 0) is 135 Å². The van der Waals surface area contributed by atoms with Gasteiger partial charge in [0, 0.05) is 21.3 Å². The first-order valence-electron chi connectivity index (χ1n) is 19.0. The fraction of sp³-hybridized carbons (Fsp3) is 0.375. The Morgan fingerprint density at radius 2 is 1.54 bits per heavy atom. The molecule has 1 aliphatic heterocycles. The van der Waals surface area contributed by atoms with Crippen LogP contribution in [0.3, 0.4) is 0 Å². The largest absolute Gasteiger partial charge is 0.497 e. The monoisotopic (exact) mass is 710 g/mol. The Hall–Kier alpha value is -4.15. The van der Waals surface area contributed by atoms with Gasteiger partial charge in [-0.3, -0.25) is 0 Å². The third-order valence-corrected chi connectivity index (χ3v) is 14.3. The molecule has 0 amide bonds. The third kappa shape index (κ3) is 5.73. The Labute approximate surface area is 315 Å². The molecule has 2 aliphatic carbocycles. The minimum Gasteiger partial charge on any atom is -0.497 e. The molecule has 1 saturated carbocycles. The smallest absolute Gasteiger partial charge is 0.150 e. The molecule has 4 aromatic rings. The number of rotatable bonds is 9. The van der Waals surface area contributed by atoms with Crippen LogP contribution in [0.15, 0.2) is 94.8 Å². The molecular weight excluding hydrogens is 657 g/mol. The van der Waals surface area contributed by atoms with Crippen molar-refractivity contribution in [2.24, 2.45) is 5.41 Å². The topological polar surface area (TPSA) is 27.7 Å². The molecule has 1 atom stereocenters. The van der Waals surface area contributed by atoms with Gasteiger partial charge in [0.25, 0.3) is 0 Å². The SMILES string of the molecule is C=C/C=C\C1=C(C)C2(CCC(CC)(CC)CC2)c2c3c(c4cc(OC)c(Sc5c(C)cc(C)cc5C)cc4c21)OC(C)(c1ccc(OC)cc1)C=C3. The Balaban J connectivity index is 1.53. The quantitative estimate of drug-likeness (QED) is 0.162. The molecule has 0 N–H and O–H groups in total. The van der Waals surface area contributed by atoms with Gasteiger partial charge in [-0.25, -0.2) is 0 Å². The molecule has 0 radical (unpaired) electrons. The highest BCUT2D eigenvalue weighted by molar-refractivity contribution is 7.99. The van der Waals surface area contributed by atoms with Crippen LogP contribution in [-0.2, 0) is 11.0 Å². The highest BCUT2D eigenvalue weighted by Gasteiger charge is 2.50. The van der Waals surface area contributed by atoms with Gasteiger partial charge in [0.15, 0.2) is 0 Å². The molecule has 0 bridgehead atoms. The van der Waals surface area contributed by atoms with Crippen molar-refractivity contribution in [3.8, 4) is 17.2 Å². The molecule has 1 heterocycles. The second-order valence-electron chi connectivity index (χ2n) is 15.6. The van der Waals surface area contributed by atoms with E-state index >= 15 is 0 Å². The Bertz CT molecular complexity index is 2130. The van der Waals surface area contributed by atoms with Gasteiger partial charge in [0.2, 0.25) is 0 Å². The van der Waals surface area contributed by atoms with Crippen LogP contribution in [-0.4, -0.2) is 14.2 Å². The molecule has 0 saturated heterocycles. The summed E-state index contributed by atoms with van der Waals surface area (Å²) in [6.07, 6.45) is 18.2. The third-order valence-electron chi connectivity index (χ3n) is 12.9. The minimum atomic E-state index is -0.664. The number of hydrogen-bond donors (Lipinski definition) is 0. The molecule has 1 unspecified atom stereocenters. The van der Waals surface area contributed by atoms with E-state index in [1.807, 2.05) is 30.0 Å². The maximum absolute atomic E-state index is 7.35. The fourth-order valence-electron chi connectivity index (χ4n) is 9.57. The molecule has 1 fully saturated rings. The standard InChI is InChI=1S/C48H54O3S/c1-11-14-15-36-33(7)48(24-22-47(12-2,13-3)23-25-48)43-37-20-21-46(8,34-16-18-35(49-9)19-17-34)51-44(37)39-28-40(50-10)41(29-38(39)42(36)43)52-45-31(5)26-30(4)27-32(45)6/h11,14-21,26-29H,1,12-13,22-25H2,2-10H3/b15-14-. The first-order chi connectivity index (χ1) is 25.0.